The van der Waals surface area contributed by atoms with E-state index in [1.807, 2.05) is 0 Å². The van der Waals surface area contributed by atoms with E-state index in [-0.39, 0.29) is 53.8 Å². The summed E-state index contributed by atoms with van der Waals surface area (Å²) in [5.41, 5.74) is 1.08. The largest absolute Gasteiger partial charge is 0.459 e. The van der Waals surface area contributed by atoms with Gasteiger partial charge in [0.1, 0.15) is 6.67 Å². The van der Waals surface area contributed by atoms with E-state index in [1.54, 1.807) is 36.4 Å². The van der Waals surface area contributed by atoms with Crippen molar-refractivity contribution in [3.8, 4) is 0 Å². The first-order valence-electron chi connectivity index (χ1n) is 10.5. The predicted molar refractivity (Wildman–Crippen MR) is 111 cm³/mol. The predicted octanol–water partition coefficient (Wildman–Crippen LogP) is 2.87. The van der Waals surface area contributed by atoms with Gasteiger partial charge in [0.25, 0.3) is 5.91 Å². The molecule has 0 radical (unpaired) electrons. The summed E-state index contributed by atoms with van der Waals surface area (Å²) in [6.45, 7) is 1.25. The molecule has 1 saturated heterocycles. The number of anilines is 2. The molecule has 31 heavy (non-hydrogen) atoms. The zero-order chi connectivity index (χ0) is 21.7. The second-order valence-corrected chi connectivity index (χ2v) is 8.57. The van der Waals surface area contributed by atoms with E-state index in [0.717, 1.165) is 19.3 Å². The lowest BCUT2D eigenvalue weighted by atomic mass is 9.81. The number of carbonyl (C=O) groups is 4. The molecule has 4 amide bonds. The summed E-state index contributed by atoms with van der Waals surface area (Å²) >= 11 is 0. The molecule has 2 bridgehead atoms. The number of fused-ring (bicyclic) bond motifs is 5. The lowest BCUT2D eigenvalue weighted by Crippen LogP contribution is -2.45. The van der Waals surface area contributed by atoms with Crippen LogP contribution in [0, 0.1) is 23.7 Å². The van der Waals surface area contributed by atoms with Crippen LogP contribution in [0.2, 0.25) is 0 Å². The molecule has 2 saturated carbocycles. The average Bonchev–Trinajstić information content (AvgIpc) is 3.53. The second kappa shape index (κ2) is 7.37. The quantitative estimate of drug-likeness (QED) is 0.749. The summed E-state index contributed by atoms with van der Waals surface area (Å²) in [6.07, 6.45) is 4.36. The average molecular weight is 421 g/mol. The zero-order valence-electron chi connectivity index (χ0n) is 17.1. The van der Waals surface area contributed by atoms with E-state index in [4.69, 9.17) is 4.42 Å². The number of nitrogens with zero attached hydrogens (tertiary/aromatic N) is 2. The molecule has 4 atom stereocenters. The number of nitrogens with one attached hydrogen (secondary N) is 1. The van der Waals surface area contributed by atoms with E-state index in [1.165, 1.54) is 23.0 Å². The third-order valence-electron chi connectivity index (χ3n) is 6.78. The topological polar surface area (TPSA) is 99.9 Å². The fourth-order valence-corrected chi connectivity index (χ4v) is 5.48. The van der Waals surface area contributed by atoms with Crippen LogP contribution in [-0.4, -0.2) is 35.2 Å². The van der Waals surface area contributed by atoms with Crippen molar-refractivity contribution in [3.63, 3.8) is 0 Å². The van der Waals surface area contributed by atoms with Crippen molar-refractivity contribution in [2.45, 2.75) is 26.2 Å². The molecular formula is C23H23N3O5. The van der Waals surface area contributed by atoms with Gasteiger partial charge in [-0.25, -0.2) is 0 Å². The molecule has 1 N–H and O–H groups in total. The Labute approximate surface area is 179 Å². The molecule has 2 heterocycles. The maximum absolute atomic E-state index is 13.2. The van der Waals surface area contributed by atoms with Gasteiger partial charge in [-0.2, -0.15) is 0 Å². The van der Waals surface area contributed by atoms with Crippen LogP contribution >= 0.6 is 0 Å². The Kier molecular flexibility index (Phi) is 4.64. The molecule has 3 fully saturated rings. The number of rotatable bonds is 5. The first kappa shape index (κ1) is 19.5. The van der Waals surface area contributed by atoms with Gasteiger partial charge in [-0.3, -0.25) is 29.0 Å². The summed E-state index contributed by atoms with van der Waals surface area (Å²) in [6, 6.07) is 9.83. The number of benzene rings is 1. The van der Waals surface area contributed by atoms with E-state index in [9.17, 15) is 19.2 Å². The molecule has 1 aliphatic heterocycles. The van der Waals surface area contributed by atoms with E-state index < -0.39 is 5.91 Å². The summed E-state index contributed by atoms with van der Waals surface area (Å²) in [5, 5.41) is 2.68. The smallest absolute Gasteiger partial charge is 0.295 e. The van der Waals surface area contributed by atoms with Crippen molar-refractivity contribution in [1.82, 2.24) is 4.90 Å². The second-order valence-electron chi connectivity index (χ2n) is 8.57. The molecule has 1 aromatic carbocycles. The highest BCUT2D eigenvalue weighted by Gasteiger charge is 2.61. The maximum atomic E-state index is 13.2. The summed E-state index contributed by atoms with van der Waals surface area (Å²) in [7, 11) is 0. The van der Waals surface area contributed by atoms with Gasteiger partial charge in [-0.1, -0.05) is 0 Å². The third-order valence-corrected chi connectivity index (χ3v) is 6.78. The molecule has 1 aromatic heterocycles. The normalized spacial score (nSPS) is 26.3. The number of imide groups is 1. The first-order valence-corrected chi connectivity index (χ1v) is 10.5. The van der Waals surface area contributed by atoms with E-state index in [2.05, 4.69) is 5.32 Å². The van der Waals surface area contributed by atoms with Crippen LogP contribution in [-0.2, 0) is 14.4 Å². The Bertz CT molecular complexity index is 1020. The van der Waals surface area contributed by atoms with Gasteiger partial charge in [-0.15, -0.1) is 0 Å². The highest BCUT2D eigenvalue weighted by Crippen LogP contribution is 2.56. The zero-order valence-corrected chi connectivity index (χ0v) is 17.1. The first-order chi connectivity index (χ1) is 14.9. The molecular weight excluding hydrogens is 398 g/mol. The maximum Gasteiger partial charge on any atom is 0.295 e. The monoisotopic (exact) mass is 421 g/mol. The summed E-state index contributed by atoms with van der Waals surface area (Å²) in [4.78, 5) is 53.3. The Balaban J connectivity index is 1.44. The van der Waals surface area contributed by atoms with Crippen molar-refractivity contribution in [2.75, 3.05) is 16.9 Å². The Hall–Kier alpha value is -3.42. The van der Waals surface area contributed by atoms with E-state index in [0.29, 0.717) is 11.4 Å². The fraction of sp³-hybridized carbons (Fsp3) is 0.391. The molecule has 2 aliphatic carbocycles. The Morgan fingerprint density at radius 3 is 2.26 bits per heavy atom. The lowest BCUT2D eigenvalue weighted by molar-refractivity contribution is -0.140. The minimum Gasteiger partial charge on any atom is -0.459 e. The van der Waals surface area contributed by atoms with Gasteiger partial charge < -0.3 is 9.73 Å². The standard InChI is InChI=1S/C23H23N3O5/c1-13(27)24-16-6-8-17(9-7-16)25(21(28)18-3-2-10-31-18)12-26-22(29)19-14-4-5-15(11-14)20(19)23(26)30/h2-3,6-10,14-15,19-20H,4-5,11-12H2,1H3,(H,24,27)/t14-,15-,19-,20+/m0/s1. The molecule has 2 aromatic rings. The number of furan rings is 1. The van der Waals surface area contributed by atoms with Crippen LogP contribution in [0.3, 0.4) is 0 Å². The van der Waals surface area contributed by atoms with Crippen molar-refractivity contribution in [3.05, 3.63) is 48.4 Å². The minimum absolute atomic E-state index is 0.116. The van der Waals surface area contributed by atoms with Gasteiger partial charge in [0.2, 0.25) is 17.7 Å². The van der Waals surface area contributed by atoms with Crippen LogP contribution in [0.4, 0.5) is 11.4 Å². The number of hydrogen-bond acceptors (Lipinski definition) is 5. The van der Waals surface area contributed by atoms with Crippen molar-refractivity contribution >= 4 is 35.0 Å². The Morgan fingerprint density at radius 2 is 1.71 bits per heavy atom. The number of hydrogen-bond donors (Lipinski definition) is 1. The van der Waals surface area contributed by atoms with Crippen LogP contribution in [0.25, 0.3) is 0 Å². The molecule has 0 spiro atoms. The molecule has 160 valence electrons. The van der Waals surface area contributed by atoms with Gasteiger partial charge in [0.15, 0.2) is 5.76 Å². The van der Waals surface area contributed by atoms with Crippen molar-refractivity contribution in [1.29, 1.82) is 0 Å². The number of likely N-dealkylation sites (tertiary alicyclic amines) is 1. The third kappa shape index (κ3) is 3.22. The van der Waals surface area contributed by atoms with Gasteiger partial charge in [0.05, 0.1) is 18.1 Å². The van der Waals surface area contributed by atoms with Gasteiger partial charge >= 0.3 is 0 Å². The van der Waals surface area contributed by atoms with Gasteiger partial charge in [-0.05, 0) is 67.5 Å². The van der Waals surface area contributed by atoms with Crippen LogP contribution in [0.15, 0.2) is 47.1 Å². The van der Waals surface area contributed by atoms with Gasteiger partial charge in [0, 0.05) is 18.3 Å². The van der Waals surface area contributed by atoms with Crippen LogP contribution in [0.1, 0.15) is 36.7 Å². The summed E-state index contributed by atoms with van der Waals surface area (Å²) < 4.78 is 5.27. The minimum atomic E-state index is -0.446. The molecule has 3 aliphatic rings. The number of carbonyl (C=O) groups excluding carboxylic acids is 4. The number of amides is 4. The Morgan fingerprint density at radius 1 is 1.06 bits per heavy atom. The molecule has 5 rings (SSSR count). The summed E-state index contributed by atoms with van der Waals surface area (Å²) in [5.74, 6) is -0.800. The van der Waals surface area contributed by atoms with E-state index >= 15 is 0 Å². The molecule has 8 heteroatoms. The SMILES string of the molecule is CC(=O)Nc1ccc(N(CN2C(=O)[C@@H]3[C@H]4CC[C@@H](C4)[C@@H]3C2=O)C(=O)c2ccco2)cc1. The van der Waals surface area contributed by atoms with Crippen molar-refractivity contribution < 1.29 is 23.6 Å². The lowest BCUT2D eigenvalue weighted by Gasteiger charge is -2.27. The van der Waals surface area contributed by atoms with Crippen LogP contribution in [0.5, 0.6) is 0 Å². The molecule has 0 unspecified atom stereocenters. The fourth-order valence-electron chi connectivity index (χ4n) is 5.48. The molecule has 8 nitrogen and oxygen atoms in total. The highest BCUT2D eigenvalue weighted by molar-refractivity contribution is 6.09. The van der Waals surface area contributed by atoms with Crippen LogP contribution < -0.4 is 10.2 Å². The highest BCUT2D eigenvalue weighted by atomic mass is 16.3. The van der Waals surface area contributed by atoms with Crippen molar-refractivity contribution in [2.24, 2.45) is 23.7 Å².